The SMILES string of the molecule is C=C.CC.CC.CC.CC.CNCC#Cc1c(OCc2ccccc2)cc(ONOC)cc1OCc1ccccc1. The van der Waals surface area contributed by atoms with E-state index >= 15 is 0 Å². The van der Waals surface area contributed by atoms with Crippen LogP contribution in [0.25, 0.3) is 0 Å². The molecule has 0 radical (unpaired) electrons. The lowest BCUT2D eigenvalue weighted by atomic mass is 10.1. The second-order valence-electron chi connectivity index (χ2n) is 6.56. The van der Waals surface area contributed by atoms with Crippen LogP contribution in [0.1, 0.15) is 72.1 Å². The van der Waals surface area contributed by atoms with Crippen molar-refractivity contribution in [2.75, 3.05) is 20.7 Å². The molecule has 0 aliphatic rings. The minimum absolute atomic E-state index is 0.390. The molecule has 6 nitrogen and oxygen atoms in total. The smallest absolute Gasteiger partial charge is 0.157 e. The fourth-order valence-electron chi connectivity index (χ4n) is 2.76. The van der Waals surface area contributed by atoms with E-state index in [-0.39, 0.29) is 0 Å². The maximum atomic E-state index is 6.12. The van der Waals surface area contributed by atoms with Gasteiger partial charge in [0.25, 0.3) is 0 Å². The van der Waals surface area contributed by atoms with Gasteiger partial charge < -0.3 is 19.6 Å². The predicted octanol–water partition coefficient (Wildman–Crippen LogP) is 8.77. The lowest BCUT2D eigenvalue weighted by Crippen LogP contribution is -2.16. The molecule has 0 heterocycles. The van der Waals surface area contributed by atoms with E-state index in [0.29, 0.717) is 42.6 Å². The highest BCUT2D eigenvalue weighted by molar-refractivity contribution is 5.59. The van der Waals surface area contributed by atoms with Crippen LogP contribution in [0.2, 0.25) is 0 Å². The first-order chi connectivity index (χ1) is 20.3. The summed E-state index contributed by atoms with van der Waals surface area (Å²) in [6.45, 7) is 23.3. The number of ether oxygens (including phenoxy) is 2. The third kappa shape index (κ3) is 19.0. The summed E-state index contributed by atoms with van der Waals surface area (Å²) in [6.07, 6.45) is 0. The topological polar surface area (TPSA) is 61.0 Å². The normalized spacial score (nSPS) is 8.34. The van der Waals surface area contributed by atoms with Gasteiger partial charge in [0.2, 0.25) is 0 Å². The first kappa shape index (κ1) is 41.7. The van der Waals surface area contributed by atoms with Crippen molar-refractivity contribution in [1.82, 2.24) is 11.0 Å². The molecular formula is C35H54N2O4. The summed E-state index contributed by atoms with van der Waals surface area (Å²) in [5.74, 6) is 7.86. The zero-order chi connectivity index (χ0) is 31.7. The highest BCUT2D eigenvalue weighted by Gasteiger charge is 2.14. The molecule has 0 spiro atoms. The van der Waals surface area contributed by atoms with Gasteiger partial charge in [0.1, 0.15) is 30.3 Å². The molecule has 228 valence electrons. The van der Waals surface area contributed by atoms with E-state index in [2.05, 4.69) is 36.0 Å². The molecule has 0 aliphatic heterocycles. The van der Waals surface area contributed by atoms with Crippen molar-refractivity contribution in [2.24, 2.45) is 0 Å². The molecule has 0 amide bonds. The quantitative estimate of drug-likeness (QED) is 0.145. The van der Waals surface area contributed by atoms with Crippen LogP contribution < -0.4 is 25.3 Å². The van der Waals surface area contributed by atoms with Crippen molar-refractivity contribution >= 4 is 0 Å². The Labute approximate surface area is 251 Å². The molecule has 0 bridgehead atoms. The Morgan fingerprint density at radius 3 is 1.46 bits per heavy atom. The number of nitrogens with one attached hydrogen (secondary N) is 2. The van der Waals surface area contributed by atoms with Crippen molar-refractivity contribution in [1.29, 1.82) is 0 Å². The third-order valence-electron chi connectivity index (χ3n) is 4.24. The minimum Gasteiger partial charge on any atom is -0.487 e. The van der Waals surface area contributed by atoms with Crippen LogP contribution in [-0.4, -0.2) is 20.7 Å². The molecule has 2 N–H and O–H groups in total. The van der Waals surface area contributed by atoms with Crippen LogP contribution in [0.15, 0.2) is 86.0 Å². The molecule has 0 unspecified atom stereocenters. The highest BCUT2D eigenvalue weighted by atomic mass is 16.9. The van der Waals surface area contributed by atoms with Gasteiger partial charge in [0.05, 0.1) is 13.7 Å². The Kier molecular flexibility index (Phi) is 33.0. The average Bonchev–Trinajstić information content (AvgIpc) is 3.08. The summed E-state index contributed by atoms with van der Waals surface area (Å²) in [6, 6.07) is 23.4. The monoisotopic (exact) mass is 566 g/mol. The Bertz CT molecular complexity index is 952. The molecule has 0 atom stereocenters. The van der Waals surface area contributed by atoms with Gasteiger partial charge in [0.15, 0.2) is 5.75 Å². The molecule has 0 saturated carbocycles. The van der Waals surface area contributed by atoms with Crippen LogP contribution >= 0.6 is 0 Å². The number of rotatable bonds is 10. The van der Waals surface area contributed by atoms with Crippen LogP contribution in [0.4, 0.5) is 0 Å². The summed E-state index contributed by atoms with van der Waals surface area (Å²) < 4.78 is 12.2. The van der Waals surface area contributed by atoms with Gasteiger partial charge in [-0.15, -0.1) is 13.2 Å². The van der Waals surface area contributed by atoms with Crippen molar-refractivity contribution in [2.45, 2.75) is 68.6 Å². The van der Waals surface area contributed by atoms with Crippen LogP contribution in [0, 0.1) is 11.8 Å². The van der Waals surface area contributed by atoms with E-state index in [1.165, 1.54) is 7.11 Å². The van der Waals surface area contributed by atoms with Crippen molar-refractivity contribution < 1.29 is 19.1 Å². The molecule has 0 saturated heterocycles. The lowest BCUT2D eigenvalue weighted by molar-refractivity contribution is -0.0798. The number of hydrogen-bond donors (Lipinski definition) is 2. The Morgan fingerprint density at radius 2 is 1.10 bits per heavy atom. The van der Waals surface area contributed by atoms with Gasteiger partial charge in [-0.25, -0.2) is 0 Å². The average molecular weight is 567 g/mol. The van der Waals surface area contributed by atoms with Crippen LogP contribution in [0.5, 0.6) is 17.2 Å². The summed E-state index contributed by atoms with van der Waals surface area (Å²) in [5, 5.41) is 3.03. The Morgan fingerprint density at radius 1 is 0.683 bits per heavy atom. The molecule has 3 aromatic rings. The molecule has 3 aromatic carbocycles. The number of benzene rings is 3. The van der Waals surface area contributed by atoms with Crippen LogP contribution in [0.3, 0.4) is 0 Å². The summed E-state index contributed by atoms with van der Waals surface area (Å²) >= 11 is 0. The standard InChI is InChI=1S/C25H26N2O4.4C2H6.C2H4/c1-26-15-9-14-23-24(29-18-20-10-5-3-6-11-20)16-22(31-27-28-2)17-25(23)30-19-21-12-7-4-8-13-21;5*1-2/h3-8,10-13,16-17,26-27H,15,18-19H2,1-2H3;4*1-2H3;1-2H2. The molecule has 3 rings (SSSR count). The predicted molar refractivity (Wildman–Crippen MR) is 176 cm³/mol. The first-order valence-electron chi connectivity index (χ1n) is 14.4. The highest BCUT2D eigenvalue weighted by Crippen LogP contribution is 2.34. The minimum atomic E-state index is 0.390. The zero-order valence-corrected chi connectivity index (χ0v) is 27.1. The summed E-state index contributed by atoms with van der Waals surface area (Å²) in [7, 11) is 3.32. The Hall–Kier alpha value is -3.76. The maximum Gasteiger partial charge on any atom is 0.157 e. The molecule has 0 aromatic heterocycles. The second-order valence-corrected chi connectivity index (χ2v) is 6.56. The van der Waals surface area contributed by atoms with Crippen molar-refractivity contribution in [3.05, 3.63) is 103 Å². The lowest BCUT2D eigenvalue weighted by Gasteiger charge is -2.16. The van der Waals surface area contributed by atoms with Gasteiger partial charge in [-0.2, -0.15) is 0 Å². The molecule has 0 fully saturated rings. The van der Waals surface area contributed by atoms with E-state index in [1.54, 1.807) is 12.1 Å². The molecule has 6 heteroatoms. The van der Waals surface area contributed by atoms with E-state index in [1.807, 2.05) is 123 Å². The fraction of sp³-hybridized carbons (Fsp3) is 0.371. The third-order valence-corrected chi connectivity index (χ3v) is 4.24. The summed E-state index contributed by atoms with van der Waals surface area (Å²) in [5.41, 5.74) is 5.13. The van der Waals surface area contributed by atoms with Gasteiger partial charge in [-0.1, -0.05) is 128 Å². The van der Waals surface area contributed by atoms with Gasteiger partial charge in [-0.05, 0) is 23.8 Å². The molecule has 41 heavy (non-hydrogen) atoms. The number of hydrogen-bond acceptors (Lipinski definition) is 6. The van der Waals surface area contributed by atoms with E-state index < -0.39 is 0 Å². The largest absolute Gasteiger partial charge is 0.487 e. The molecule has 0 aliphatic carbocycles. The van der Waals surface area contributed by atoms with Crippen molar-refractivity contribution in [3.8, 4) is 29.1 Å². The van der Waals surface area contributed by atoms with Crippen molar-refractivity contribution in [3.63, 3.8) is 0 Å². The second kappa shape index (κ2) is 32.5. The van der Waals surface area contributed by atoms with E-state index in [0.717, 1.165) is 11.1 Å². The van der Waals surface area contributed by atoms with E-state index in [9.17, 15) is 0 Å². The first-order valence-corrected chi connectivity index (χ1v) is 14.4. The van der Waals surface area contributed by atoms with E-state index in [4.69, 9.17) is 19.1 Å². The summed E-state index contributed by atoms with van der Waals surface area (Å²) in [4.78, 5) is 10.2. The van der Waals surface area contributed by atoms with Crippen LogP contribution in [-0.2, 0) is 18.1 Å². The van der Waals surface area contributed by atoms with Gasteiger partial charge in [0, 0.05) is 12.1 Å². The van der Waals surface area contributed by atoms with Gasteiger partial charge >= 0.3 is 0 Å². The Balaban J connectivity index is -0.00000130. The fourth-order valence-corrected chi connectivity index (χ4v) is 2.76. The molecular weight excluding hydrogens is 512 g/mol. The van der Waals surface area contributed by atoms with Gasteiger partial charge in [-0.3, -0.25) is 4.84 Å². The zero-order valence-electron chi connectivity index (χ0n) is 27.1. The maximum absolute atomic E-state index is 6.12.